The summed E-state index contributed by atoms with van der Waals surface area (Å²) in [5.41, 5.74) is 2.10. The number of carbonyl (C=O) groups excluding carboxylic acids is 1. The molecule has 116 valence electrons. The third-order valence-corrected chi connectivity index (χ3v) is 4.61. The molecule has 1 amide bonds. The molecule has 0 aromatic heterocycles. The van der Waals surface area contributed by atoms with Crippen molar-refractivity contribution in [3.63, 3.8) is 0 Å². The highest BCUT2D eigenvalue weighted by molar-refractivity contribution is 5.90. The van der Waals surface area contributed by atoms with Crippen molar-refractivity contribution in [1.82, 2.24) is 5.32 Å². The van der Waals surface area contributed by atoms with Crippen molar-refractivity contribution in [2.75, 3.05) is 12.4 Å². The molecule has 0 heterocycles. The van der Waals surface area contributed by atoms with E-state index in [-0.39, 0.29) is 5.91 Å². The van der Waals surface area contributed by atoms with E-state index in [1.165, 1.54) is 37.7 Å². The van der Waals surface area contributed by atoms with Crippen LogP contribution in [0.3, 0.4) is 0 Å². The van der Waals surface area contributed by atoms with E-state index in [0.717, 1.165) is 18.0 Å². The molecule has 0 saturated heterocycles. The van der Waals surface area contributed by atoms with Gasteiger partial charge in [0, 0.05) is 18.2 Å². The highest BCUT2D eigenvalue weighted by Gasteiger charge is 2.15. The van der Waals surface area contributed by atoms with Gasteiger partial charge in [0.2, 0.25) is 5.91 Å². The summed E-state index contributed by atoms with van der Waals surface area (Å²) in [6.45, 7) is 2.12. The fourth-order valence-electron chi connectivity index (χ4n) is 3.09. The van der Waals surface area contributed by atoms with Crippen LogP contribution in [0.5, 0.6) is 0 Å². The highest BCUT2D eigenvalue weighted by atomic mass is 16.1. The second-order valence-corrected chi connectivity index (χ2v) is 6.23. The number of hydrogen-bond acceptors (Lipinski definition) is 2. The lowest BCUT2D eigenvalue weighted by Gasteiger charge is -2.21. The van der Waals surface area contributed by atoms with Gasteiger partial charge in [-0.25, -0.2) is 0 Å². The first kappa shape index (κ1) is 16.0. The lowest BCUT2D eigenvalue weighted by Crippen LogP contribution is -2.16. The van der Waals surface area contributed by atoms with Gasteiger partial charge in [-0.05, 0) is 44.0 Å². The zero-order valence-corrected chi connectivity index (χ0v) is 13.3. The maximum Gasteiger partial charge on any atom is 0.224 e. The zero-order valence-electron chi connectivity index (χ0n) is 13.3. The summed E-state index contributed by atoms with van der Waals surface area (Å²) in [5.74, 6) is 0.912. The molecule has 1 aromatic rings. The van der Waals surface area contributed by atoms with E-state index in [2.05, 4.69) is 29.7 Å². The molecule has 0 aliphatic heterocycles. The number of anilines is 1. The topological polar surface area (TPSA) is 41.1 Å². The van der Waals surface area contributed by atoms with Crippen molar-refractivity contribution >= 4 is 11.6 Å². The van der Waals surface area contributed by atoms with Crippen molar-refractivity contribution in [2.24, 2.45) is 5.92 Å². The molecule has 1 atom stereocenters. The SMILES string of the molecule is CNC(C)c1cccc(NC(=O)CCC2CCCCC2)c1. The Morgan fingerprint density at radius 3 is 2.76 bits per heavy atom. The van der Waals surface area contributed by atoms with Gasteiger partial charge < -0.3 is 10.6 Å². The van der Waals surface area contributed by atoms with E-state index >= 15 is 0 Å². The molecule has 21 heavy (non-hydrogen) atoms. The summed E-state index contributed by atoms with van der Waals surface area (Å²) in [7, 11) is 1.94. The van der Waals surface area contributed by atoms with Crippen LogP contribution in [0, 0.1) is 5.92 Å². The van der Waals surface area contributed by atoms with Gasteiger partial charge in [-0.3, -0.25) is 4.79 Å². The second-order valence-electron chi connectivity index (χ2n) is 6.23. The Bertz CT molecular complexity index is 452. The maximum atomic E-state index is 12.1. The number of rotatable bonds is 6. The third kappa shape index (κ3) is 5.16. The quantitative estimate of drug-likeness (QED) is 0.821. The van der Waals surface area contributed by atoms with Crippen molar-refractivity contribution in [3.8, 4) is 0 Å². The lowest BCUT2D eigenvalue weighted by molar-refractivity contribution is -0.116. The summed E-state index contributed by atoms with van der Waals surface area (Å²) in [6, 6.07) is 8.40. The molecule has 0 spiro atoms. The number of nitrogens with one attached hydrogen (secondary N) is 2. The molecular formula is C18H28N2O. The molecule has 0 radical (unpaired) electrons. The molecule has 3 nitrogen and oxygen atoms in total. The summed E-state index contributed by atoms with van der Waals surface area (Å²) >= 11 is 0. The predicted molar refractivity (Wildman–Crippen MR) is 88.4 cm³/mol. The molecule has 2 N–H and O–H groups in total. The minimum atomic E-state index is 0.148. The molecule has 1 saturated carbocycles. The van der Waals surface area contributed by atoms with E-state index in [1.807, 2.05) is 19.2 Å². The van der Waals surface area contributed by atoms with Crippen LogP contribution in [0.1, 0.15) is 63.5 Å². The zero-order chi connectivity index (χ0) is 15.1. The van der Waals surface area contributed by atoms with Crippen molar-refractivity contribution in [1.29, 1.82) is 0 Å². The molecular weight excluding hydrogens is 260 g/mol. The van der Waals surface area contributed by atoms with E-state index in [0.29, 0.717) is 12.5 Å². The van der Waals surface area contributed by atoms with Crippen LogP contribution in [-0.4, -0.2) is 13.0 Å². The van der Waals surface area contributed by atoms with E-state index in [9.17, 15) is 4.79 Å². The summed E-state index contributed by atoms with van der Waals surface area (Å²) in [6.07, 6.45) is 8.37. The molecule has 1 aliphatic rings. The lowest BCUT2D eigenvalue weighted by atomic mass is 9.86. The molecule has 1 aliphatic carbocycles. The van der Waals surface area contributed by atoms with Crippen LogP contribution in [0.25, 0.3) is 0 Å². The largest absolute Gasteiger partial charge is 0.326 e. The average Bonchev–Trinajstić information content (AvgIpc) is 2.53. The van der Waals surface area contributed by atoms with Crippen LogP contribution in [0.2, 0.25) is 0 Å². The molecule has 1 unspecified atom stereocenters. The van der Waals surface area contributed by atoms with Crippen molar-refractivity contribution < 1.29 is 4.79 Å². The molecule has 0 bridgehead atoms. The number of carbonyl (C=O) groups is 1. The summed E-state index contributed by atoms with van der Waals surface area (Å²) < 4.78 is 0. The normalized spacial score (nSPS) is 17.4. The van der Waals surface area contributed by atoms with E-state index in [4.69, 9.17) is 0 Å². The van der Waals surface area contributed by atoms with Gasteiger partial charge >= 0.3 is 0 Å². The number of benzene rings is 1. The average molecular weight is 288 g/mol. The fourth-order valence-corrected chi connectivity index (χ4v) is 3.09. The third-order valence-electron chi connectivity index (χ3n) is 4.61. The Labute approximate surface area is 128 Å². The Morgan fingerprint density at radius 2 is 2.05 bits per heavy atom. The van der Waals surface area contributed by atoms with Gasteiger partial charge in [0.15, 0.2) is 0 Å². The van der Waals surface area contributed by atoms with Gasteiger partial charge in [0.05, 0.1) is 0 Å². The second kappa shape index (κ2) is 8.18. The smallest absolute Gasteiger partial charge is 0.224 e. The molecule has 3 heteroatoms. The Kier molecular flexibility index (Phi) is 6.24. The van der Waals surface area contributed by atoms with Gasteiger partial charge in [-0.1, -0.05) is 44.2 Å². The maximum absolute atomic E-state index is 12.1. The minimum absolute atomic E-state index is 0.148. The van der Waals surface area contributed by atoms with Gasteiger partial charge in [0.25, 0.3) is 0 Å². The number of amides is 1. The first-order valence-electron chi connectivity index (χ1n) is 8.26. The van der Waals surface area contributed by atoms with Crippen LogP contribution in [-0.2, 0) is 4.79 Å². The van der Waals surface area contributed by atoms with Crippen molar-refractivity contribution in [3.05, 3.63) is 29.8 Å². The fraction of sp³-hybridized carbons (Fsp3) is 0.611. The minimum Gasteiger partial charge on any atom is -0.326 e. The van der Waals surface area contributed by atoms with E-state index in [1.54, 1.807) is 0 Å². The van der Waals surface area contributed by atoms with Crippen molar-refractivity contribution in [2.45, 2.75) is 57.9 Å². The van der Waals surface area contributed by atoms with Crippen LogP contribution in [0.15, 0.2) is 24.3 Å². The molecule has 2 rings (SSSR count). The first-order chi connectivity index (χ1) is 10.2. The number of hydrogen-bond donors (Lipinski definition) is 2. The Morgan fingerprint density at radius 1 is 1.29 bits per heavy atom. The summed E-state index contributed by atoms with van der Waals surface area (Å²) in [5, 5.41) is 6.25. The monoisotopic (exact) mass is 288 g/mol. The van der Waals surface area contributed by atoms with Crippen LogP contribution >= 0.6 is 0 Å². The first-order valence-corrected chi connectivity index (χ1v) is 8.26. The van der Waals surface area contributed by atoms with Gasteiger partial charge in [0.1, 0.15) is 0 Å². The van der Waals surface area contributed by atoms with E-state index < -0.39 is 0 Å². The van der Waals surface area contributed by atoms with Crippen LogP contribution < -0.4 is 10.6 Å². The Balaban J connectivity index is 1.81. The standard InChI is InChI=1S/C18H28N2O/c1-14(19-2)16-9-6-10-17(13-16)20-18(21)12-11-15-7-4-3-5-8-15/h6,9-10,13-15,19H,3-5,7-8,11-12H2,1-2H3,(H,20,21). The molecule has 1 fully saturated rings. The highest BCUT2D eigenvalue weighted by Crippen LogP contribution is 2.27. The van der Waals surface area contributed by atoms with Gasteiger partial charge in [-0.15, -0.1) is 0 Å². The van der Waals surface area contributed by atoms with Gasteiger partial charge in [-0.2, -0.15) is 0 Å². The Hall–Kier alpha value is -1.35. The van der Waals surface area contributed by atoms with Crippen LogP contribution in [0.4, 0.5) is 5.69 Å². The summed E-state index contributed by atoms with van der Waals surface area (Å²) in [4.78, 5) is 12.1. The predicted octanol–water partition coefficient (Wildman–Crippen LogP) is 4.27. The molecule has 1 aromatic carbocycles.